The van der Waals surface area contributed by atoms with E-state index < -0.39 is 0 Å². The van der Waals surface area contributed by atoms with E-state index in [0.29, 0.717) is 5.92 Å². The largest absolute Gasteiger partial charge is 0.506 e. The summed E-state index contributed by atoms with van der Waals surface area (Å²) < 4.78 is 2.12. The lowest BCUT2D eigenvalue weighted by atomic mass is 9.96. The first-order valence-electron chi connectivity index (χ1n) is 10.3. The summed E-state index contributed by atoms with van der Waals surface area (Å²) in [6.45, 7) is 9.46. The number of nitrogens with one attached hydrogen (secondary N) is 1. The molecule has 30 heavy (non-hydrogen) atoms. The molecule has 1 fully saturated rings. The lowest BCUT2D eigenvalue weighted by molar-refractivity contribution is 0.287. The predicted molar refractivity (Wildman–Crippen MR) is 124 cm³/mol. The summed E-state index contributed by atoms with van der Waals surface area (Å²) in [4.78, 5) is 6.91. The molecule has 5 nitrogen and oxygen atoms in total. The minimum absolute atomic E-state index is 0.0283. The van der Waals surface area contributed by atoms with Crippen molar-refractivity contribution in [2.24, 2.45) is 5.92 Å². The topological polar surface area (TPSA) is 53.3 Å². The van der Waals surface area contributed by atoms with Crippen LogP contribution in [0.3, 0.4) is 0 Å². The summed E-state index contributed by atoms with van der Waals surface area (Å²) in [7, 11) is 0. The lowest BCUT2D eigenvalue weighted by Crippen LogP contribution is -2.33. The van der Waals surface area contributed by atoms with Crippen molar-refractivity contribution in [1.82, 2.24) is 19.8 Å². The second-order valence-corrected chi connectivity index (χ2v) is 8.71. The molecule has 3 heterocycles. The zero-order valence-corrected chi connectivity index (χ0v) is 18.6. The van der Waals surface area contributed by atoms with Crippen molar-refractivity contribution >= 4 is 17.3 Å². The average molecular weight is 421 g/mol. The summed E-state index contributed by atoms with van der Waals surface area (Å²) in [5, 5.41) is 14.7. The van der Waals surface area contributed by atoms with Crippen molar-refractivity contribution < 1.29 is 5.11 Å². The summed E-state index contributed by atoms with van der Waals surface area (Å²) in [5.41, 5.74) is 5.13. The van der Waals surface area contributed by atoms with Crippen LogP contribution in [0.2, 0.25) is 0 Å². The minimum atomic E-state index is -0.0317. The van der Waals surface area contributed by atoms with Gasteiger partial charge in [0.15, 0.2) is 5.11 Å². The molecule has 0 bridgehead atoms. The Morgan fingerprint density at radius 3 is 2.53 bits per heavy atom. The van der Waals surface area contributed by atoms with Crippen LogP contribution in [0.4, 0.5) is 0 Å². The van der Waals surface area contributed by atoms with Gasteiger partial charge in [0, 0.05) is 24.1 Å². The van der Waals surface area contributed by atoms with Crippen LogP contribution < -0.4 is 5.32 Å². The molecule has 0 amide bonds. The predicted octanol–water partition coefficient (Wildman–Crippen LogP) is 4.82. The molecular formula is C24H28N4OS. The van der Waals surface area contributed by atoms with E-state index in [1.807, 2.05) is 42.6 Å². The minimum Gasteiger partial charge on any atom is -0.506 e. The highest BCUT2D eigenvalue weighted by Crippen LogP contribution is 2.42. The molecule has 2 N–H and O–H groups in total. The molecule has 2 atom stereocenters. The van der Waals surface area contributed by atoms with Crippen LogP contribution >= 0.6 is 12.2 Å². The summed E-state index contributed by atoms with van der Waals surface area (Å²) >= 11 is 5.75. The Kier molecular flexibility index (Phi) is 5.52. The fourth-order valence-electron chi connectivity index (χ4n) is 4.45. The van der Waals surface area contributed by atoms with Gasteiger partial charge in [0.25, 0.3) is 0 Å². The number of aromatic nitrogens is 2. The van der Waals surface area contributed by atoms with Gasteiger partial charge in [-0.2, -0.15) is 0 Å². The van der Waals surface area contributed by atoms with Crippen LogP contribution in [0, 0.1) is 19.8 Å². The molecular weight excluding hydrogens is 392 g/mol. The number of phenols is 1. The maximum Gasteiger partial charge on any atom is 0.170 e. The van der Waals surface area contributed by atoms with Gasteiger partial charge in [0.2, 0.25) is 0 Å². The number of phenolic OH excluding ortho intramolecular Hbond substituents is 1. The monoisotopic (exact) mass is 420 g/mol. The zero-order chi connectivity index (χ0) is 21.4. The van der Waals surface area contributed by atoms with Crippen molar-refractivity contribution in [3.63, 3.8) is 0 Å². The van der Waals surface area contributed by atoms with Crippen molar-refractivity contribution in [3.05, 3.63) is 77.4 Å². The van der Waals surface area contributed by atoms with Gasteiger partial charge < -0.3 is 19.9 Å². The van der Waals surface area contributed by atoms with Crippen LogP contribution in [0.5, 0.6) is 5.75 Å². The third-order valence-corrected chi connectivity index (χ3v) is 6.02. The number of rotatable bonds is 5. The number of para-hydroxylation sites is 2. The van der Waals surface area contributed by atoms with Gasteiger partial charge in [0.05, 0.1) is 23.5 Å². The summed E-state index contributed by atoms with van der Waals surface area (Å²) in [5.74, 6) is 0.739. The zero-order valence-electron chi connectivity index (χ0n) is 17.8. The van der Waals surface area contributed by atoms with Crippen LogP contribution in [0.25, 0.3) is 5.69 Å². The molecule has 3 aromatic rings. The Bertz CT molecular complexity index is 1060. The number of pyridine rings is 1. The fraction of sp³-hybridized carbons (Fsp3) is 0.333. The third-order valence-electron chi connectivity index (χ3n) is 5.67. The van der Waals surface area contributed by atoms with Crippen molar-refractivity contribution in [1.29, 1.82) is 0 Å². The maximum atomic E-state index is 10.5. The number of hydrogen-bond acceptors (Lipinski definition) is 3. The van der Waals surface area contributed by atoms with E-state index in [1.165, 1.54) is 5.56 Å². The third kappa shape index (κ3) is 3.56. The second kappa shape index (κ2) is 8.11. The van der Waals surface area contributed by atoms with Gasteiger partial charge in [-0.1, -0.05) is 32.0 Å². The smallest absolute Gasteiger partial charge is 0.170 e. The molecule has 1 aliphatic heterocycles. The molecule has 0 aliphatic carbocycles. The Balaban J connectivity index is 1.85. The van der Waals surface area contributed by atoms with Crippen molar-refractivity contribution in [2.75, 3.05) is 6.54 Å². The van der Waals surface area contributed by atoms with E-state index in [-0.39, 0.29) is 17.8 Å². The number of aromatic hydroxyl groups is 1. The van der Waals surface area contributed by atoms with E-state index in [4.69, 9.17) is 12.2 Å². The molecule has 2 aromatic heterocycles. The first-order valence-corrected chi connectivity index (χ1v) is 10.7. The fourth-order valence-corrected chi connectivity index (χ4v) is 4.76. The molecule has 1 aromatic carbocycles. The van der Waals surface area contributed by atoms with Gasteiger partial charge in [0.1, 0.15) is 5.75 Å². The molecule has 0 radical (unpaired) electrons. The molecule has 6 heteroatoms. The summed E-state index contributed by atoms with van der Waals surface area (Å²) in [6, 6.07) is 15.7. The number of hydrogen-bond donors (Lipinski definition) is 2. The van der Waals surface area contributed by atoms with E-state index in [9.17, 15) is 5.11 Å². The van der Waals surface area contributed by atoms with Gasteiger partial charge in [-0.05, 0) is 67.9 Å². The van der Waals surface area contributed by atoms with Crippen molar-refractivity contribution in [3.8, 4) is 11.4 Å². The first-order chi connectivity index (χ1) is 14.4. The maximum absolute atomic E-state index is 10.5. The van der Waals surface area contributed by atoms with E-state index in [0.717, 1.165) is 34.4 Å². The second-order valence-electron chi connectivity index (χ2n) is 8.32. The molecule has 156 valence electrons. The first kappa shape index (κ1) is 20.4. The van der Waals surface area contributed by atoms with Crippen LogP contribution in [0.15, 0.2) is 54.7 Å². The Labute approximate surface area is 183 Å². The number of benzene rings is 1. The highest BCUT2D eigenvalue weighted by atomic mass is 32.1. The molecule has 0 saturated carbocycles. The van der Waals surface area contributed by atoms with Crippen LogP contribution in [-0.4, -0.2) is 31.2 Å². The van der Waals surface area contributed by atoms with Crippen LogP contribution in [-0.2, 0) is 0 Å². The number of thiocarbonyl (C=S) groups is 1. The highest BCUT2D eigenvalue weighted by molar-refractivity contribution is 7.80. The highest BCUT2D eigenvalue weighted by Gasteiger charge is 2.41. The Morgan fingerprint density at radius 1 is 1.13 bits per heavy atom. The quantitative estimate of drug-likeness (QED) is 0.580. The van der Waals surface area contributed by atoms with E-state index in [2.05, 4.69) is 53.5 Å². The molecule has 1 aliphatic rings. The average Bonchev–Trinajstić information content (AvgIpc) is 3.18. The summed E-state index contributed by atoms with van der Waals surface area (Å²) in [6.07, 6.45) is 1.83. The molecule has 0 unspecified atom stereocenters. The molecule has 1 saturated heterocycles. The van der Waals surface area contributed by atoms with E-state index in [1.54, 1.807) is 6.07 Å². The lowest BCUT2D eigenvalue weighted by Gasteiger charge is -2.29. The van der Waals surface area contributed by atoms with Gasteiger partial charge in [-0.25, -0.2) is 0 Å². The SMILES string of the molecule is Cc1cc([C@@H]2[C@H](c3ccccn3)NC(=S)N2CC(C)C)c(C)n1-c1ccccc1O. The van der Waals surface area contributed by atoms with Gasteiger partial charge in [-0.15, -0.1) is 0 Å². The Morgan fingerprint density at radius 2 is 1.87 bits per heavy atom. The number of aryl methyl sites for hydroxylation is 1. The van der Waals surface area contributed by atoms with Crippen LogP contribution in [0.1, 0.15) is 48.6 Å². The Hall–Kier alpha value is -2.86. The normalized spacial score (nSPS) is 18.8. The van der Waals surface area contributed by atoms with Gasteiger partial charge >= 0.3 is 0 Å². The number of nitrogens with zero attached hydrogens (tertiary/aromatic N) is 3. The molecule has 4 rings (SSSR count). The van der Waals surface area contributed by atoms with E-state index >= 15 is 0 Å². The molecule has 0 spiro atoms. The van der Waals surface area contributed by atoms with Crippen molar-refractivity contribution in [2.45, 2.75) is 39.8 Å². The standard InChI is InChI=1S/C24H28N4OS/c1-15(2)14-27-23(22(26-24(27)30)19-9-7-8-12-25-19)18-13-16(3)28(17(18)4)20-10-5-6-11-21(20)29/h5-13,15,22-23,29H,14H2,1-4H3,(H,26,30)/t22-,23+/m0/s1. The van der Waals surface area contributed by atoms with Gasteiger partial charge in [-0.3, -0.25) is 4.98 Å².